The van der Waals surface area contributed by atoms with E-state index in [-0.39, 0.29) is 30.3 Å². The average Bonchev–Trinajstić information content (AvgIpc) is 3.99. The molecular formula is C41H50N8O6S. The number of amides is 4. The highest BCUT2D eigenvalue weighted by molar-refractivity contribution is 7.80. The van der Waals surface area contributed by atoms with Gasteiger partial charge in [0, 0.05) is 18.8 Å². The number of aromatic amines is 2. The Kier molecular flexibility index (Phi) is 14.2. The topological polar surface area (TPSA) is 175 Å². The minimum atomic E-state index is -0.966. The quantitative estimate of drug-likeness (QED) is 0.0734. The Bertz CT molecular complexity index is 2050. The normalized spacial score (nSPS) is 14.7. The van der Waals surface area contributed by atoms with Crippen LogP contribution in [0.1, 0.15) is 58.2 Å². The lowest BCUT2D eigenvalue weighted by Gasteiger charge is -2.30. The Labute approximate surface area is 332 Å². The number of carbonyl (C=O) groups excluding carboxylic acids is 4. The first-order valence-corrected chi connectivity index (χ1v) is 19.1. The lowest BCUT2D eigenvalue weighted by atomic mass is 10.0. The first-order chi connectivity index (χ1) is 26.9. The maximum Gasteiger partial charge on any atom is 0.407 e. The van der Waals surface area contributed by atoms with Crippen molar-refractivity contribution in [3.8, 4) is 33.6 Å². The highest BCUT2D eigenvalue weighted by Crippen LogP contribution is 2.33. The number of carbonyl (C=O) groups is 4. The van der Waals surface area contributed by atoms with Crippen molar-refractivity contribution < 1.29 is 28.7 Å². The second kappa shape index (κ2) is 19.2. The molecule has 5 rings (SSSR count). The van der Waals surface area contributed by atoms with Crippen molar-refractivity contribution in [3.05, 3.63) is 90.0 Å². The van der Waals surface area contributed by atoms with E-state index in [4.69, 9.17) is 9.47 Å². The number of alkyl carbamates (subject to hydrolysis) is 2. The van der Waals surface area contributed by atoms with Crippen LogP contribution in [-0.2, 0) is 25.6 Å². The molecule has 3 heterocycles. The number of rotatable bonds is 14. The van der Waals surface area contributed by atoms with E-state index < -0.39 is 24.3 Å². The van der Waals surface area contributed by atoms with Gasteiger partial charge in [0.05, 0.1) is 50.6 Å². The van der Waals surface area contributed by atoms with Gasteiger partial charge in [-0.2, -0.15) is 12.6 Å². The molecule has 296 valence electrons. The molecule has 0 aliphatic carbocycles. The Morgan fingerprint density at radius 1 is 0.911 bits per heavy atom. The smallest absolute Gasteiger partial charge is 0.407 e. The van der Waals surface area contributed by atoms with Crippen LogP contribution >= 0.6 is 12.6 Å². The van der Waals surface area contributed by atoms with Crippen LogP contribution in [0.25, 0.3) is 33.6 Å². The van der Waals surface area contributed by atoms with Crippen molar-refractivity contribution >= 4 is 36.6 Å². The zero-order valence-electron chi connectivity index (χ0n) is 32.6. The van der Waals surface area contributed by atoms with Crippen LogP contribution in [0.15, 0.2) is 78.3 Å². The van der Waals surface area contributed by atoms with Crippen LogP contribution in [0.4, 0.5) is 9.59 Å². The van der Waals surface area contributed by atoms with Crippen LogP contribution in [0, 0.1) is 5.92 Å². The fourth-order valence-electron chi connectivity index (χ4n) is 6.50. The largest absolute Gasteiger partial charge is 0.453 e. The summed E-state index contributed by atoms with van der Waals surface area (Å²) in [6.07, 6.45) is 5.31. The second-order valence-corrected chi connectivity index (χ2v) is 14.5. The molecule has 4 amide bonds. The summed E-state index contributed by atoms with van der Waals surface area (Å²) in [5.74, 6) is 1.12. The lowest BCUT2D eigenvalue weighted by molar-refractivity contribution is -0.135. The molecule has 0 spiro atoms. The minimum absolute atomic E-state index is 0.111. The zero-order valence-corrected chi connectivity index (χ0v) is 33.5. The van der Waals surface area contributed by atoms with Gasteiger partial charge in [-0.1, -0.05) is 62.4 Å². The van der Waals surface area contributed by atoms with Crippen molar-refractivity contribution in [1.29, 1.82) is 0 Å². The fraction of sp³-hybridized carbons (Fsp3) is 0.390. The number of H-pyrrole nitrogens is 2. The molecule has 4 aromatic rings. The molecule has 1 saturated heterocycles. The number of hydrogen-bond donors (Lipinski definition) is 5. The average molecular weight is 783 g/mol. The van der Waals surface area contributed by atoms with Gasteiger partial charge in [-0.3, -0.25) is 9.59 Å². The number of nitrogens with zero attached hydrogens (tertiary/aromatic N) is 4. The van der Waals surface area contributed by atoms with Crippen molar-refractivity contribution in [2.24, 2.45) is 5.92 Å². The van der Waals surface area contributed by atoms with Gasteiger partial charge in [0.25, 0.3) is 0 Å². The molecule has 1 aliphatic rings. The molecule has 2 aromatic carbocycles. The fourth-order valence-corrected chi connectivity index (χ4v) is 6.74. The maximum absolute atomic E-state index is 13.5. The van der Waals surface area contributed by atoms with Gasteiger partial charge >= 0.3 is 12.2 Å². The van der Waals surface area contributed by atoms with Crippen molar-refractivity contribution in [1.82, 2.24) is 40.4 Å². The number of methoxy groups -OCH3 is 2. The summed E-state index contributed by atoms with van der Waals surface area (Å²) in [5, 5.41) is 5.25. The summed E-state index contributed by atoms with van der Waals surface area (Å²) in [6, 6.07) is 14.4. The van der Waals surface area contributed by atoms with E-state index in [1.54, 1.807) is 22.2 Å². The van der Waals surface area contributed by atoms with E-state index >= 15 is 0 Å². The molecule has 56 heavy (non-hydrogen) atoms. The van der Waals surface area contributed by atoms with E-state index in [1.165, 1.54) is 20.3 Å². The van der Waals surface area contributed by atoms with Crippen molar-refractivity contribution in [2.45, 2.75) is 65.2 Å². The molecule has 3 atom stereocenters. The summed E-state index contributed by atoms with van der Waals surface area (Å²) < 4.78 is 9.47. The van der Waals surface area contributed by atoms with Crippen LogP contribution in [0.2, 0.25) is 0 Å². The third kappa shape index (κ3) is 10.3. The van der Waals surface area contributed by atoms with Crippen molar-refractivity contribution in [2.75, 3.05) is 33.1 Å². The number of imidazole rings is 2. The predicted molar refractivity (Wildman–Crippen MR) is 216 cm³/mol. The van der Waals surface area contributed by atoms with E-state index in [9.17, 15) is 19.2 Å². The standard InChI is InChI=1S/C41H50N8O6S/c1-25(2)9-18-31(46-40(52)54-5)38(50)48(20-21-56)24-35-42-22-32(44-35)29-14-10-27(11-15-29)28-12-16-30(17-13-28)33-23-43-37(45-33)34-8-7-19-49(34)39(51)36(26(3)4)47-41(53)55-6/h10-18,22-23,26,31,34,36,56H,7-8,19-21,24H2,1-6H3,(H,42,44)(H,43,45)(H,46,52)(H,47,53)/t31?,34-,36-/m0/s1. The minimum Gasteiger partial charge on any atom is -0.453 e. The Morgan fingerprint density at radius 2 is 1.48 bits per heavy atom. The number of thiol groups is 1. The van der Waals surface area contributed by atoms with Gasteiger partial charge in [-0.15, -0.1) is 5.73 Å². The third-order valence-electron chi connectivity index (χ3n) is 9.48. The monoisotopic (exact) mass is 782 g/mol. The van der Waals surface area contributed by atoms with Gasteiger partial charge in [0.2, 0.25) is 11.8 Å². The third-order valence-corrected chi connectivity index (χ3v) is 9.68. The zero-order chi connectivity index (χ0) is 40.4. The maximum atomic E-state index is 13.5. The first-order valence-electron chi connectivity index (χ1n) is 18.5. The highest BCUT2D eigenvalue weighted by atomic mass is 32.1. The summed E-state index contributed by atoms with van der Waals surface area (Å²) in [7, 11) is 2.53. The second-order valence-electron chi connectivity index (χ2n) is 14.0. The van der Waals surface area contributed by atoms with Crippen LogP contribution in [0.3, 0.4) is 0 Å². The van der Waals surface area contributed by atoms with Crippen LogP contribution in [0.5, 0.6) is 0 Å². The molecule has 14 nitrogen and oxygen atoms in total. The van der Waals surface area contributed by atoms with E-state index in [0.29, 0.717) is 30.5 Å². The molecule has 0 bridgehead atoms. The Balaban J connectivity index is 1.24. The van der Waals surface area contributed by atoms with E-state index in [2.05, 4.69) is 61.1 Å². The van der Waals surface area contributed by atoms with Crippen LogP contribution in [-0.4, -0.2) is 98.9 Å². The Morgan fingerprint density at radius 3 is 2.05 bits per heavy atom. The molecule has 2 aromatic heterocycles. The molecule has 1 aliphatic heterocycles. The highest BCUT2D eigenvalue weighted by Gasteiger charge is 2.37. The summed E-state index contributed by atoms with van der Waals surface area (Å²) in [6.45, 7) is 8.60. The predicted octanol–water partition coefficient (Wildman–Crippen LogP) is 6.28. The molecule has 1 unspecified atom stereocenters. The van der Waals surface area contributed by atoms with Gasteiger partial charge in [-0.05, 0) is 66.5 Å². The number of aromatic nitrogens is 4. The van der Waals surface area contributed by atoms with Gasteiger partial charge in [0.15, 0.2) is 0 Å². The summed E-state index contributed by atoms with van der Waals surface area (Å²) >= 11 is 4.34. The van der Waals surface area contributed by atoms with E-state index in [1.807, 2.05) is 64.1 Å². The number of nitrogens with one attached hydrogen (secondary N) is 4. The molecule has 4 N–H and O–H groups in total. The van der Waals surface area contributed by atoms with E-state index in [0.717, 1.165) is 52.1 Å². The molecule has 1 fully saturated rings. The summed E-state index contributed by atoms with van der Waals surface area (Å²) in [4.78, 5) is 70.2. The summed E-state index contributed by atoms with van der Waals surface area (Å²) in [5.41, 5.74) is 9.46. The van der Waals surface area contributed by atoms with Gasteiger partial charge in [0.1, 0.15) is 23.7 Å². The van der Waals surface area contributed by atoms with Gasteiger partial charge in [-0.25, -0.2) is 19.6 Å². The Hall–Kier alpha value is -5.79. The van der Waals surface area contributed by atoms with Gasteiger partial charge < -0.3 is 39.9 Å². The van der Waals surface area contributed by atoms with Crippen LogP contribution < -0.4 is 10.6 Å². The lowest BCUT2D eigenvalue weighted by Crippen LogP contribution is -2.51. The van der Waals surface area contributed by atoms with Crippen molar-refractivity contribution in [3.63, 3.8) is 0 Å². The number of benzene rings is 2. The molecule has 0 radical (unpaired) electrons. The number of hydrogen-bond acceptors (Lipinski definition) is 9. The SMILES string of the molecule is COC(=O)NC(C=C=C(C)C)C(=O)N(CCS)Cc1ncc(-c2ccc(-c3ccc(-c4cnc([C@@H]5CCCN5C(=O)[C@@H](NC(=O)OC)C(C)C)[nH]4)cc3)cc2)[nH]1. The number of likely N-dealkylation sites (tertiary alicyclic amines) is 1. The molecule has 0 saturated carbocycles. The molecule has 15 heteroatoms. The molecular weight excluding hydrogens is 733 g/mol. The first kappa shape index (κ1) is 41.4. The number of ether oxygens (including phenoxy) is 2.